The summed E-state index contributed by atoms with van der Waals surface area (Å²) in [5, 5.41) is 2.38. The highest BCUT2D eigenvalue weighted by Gasteiger charge is 2.52. The van der Waals surface area contributed by atoms with Gasteiger partial charge in [0, 0.05) is 17.5 Å². The Morgan fingerprint density at radius 3 is 2.50 bits per heavy atom. The highest BCUT2D eigenvalue weighted by atomic mass is 19.4. The molecule has 1 aliphatic heterocycles. The van der Waals surface area contributed by atoms with Gasteiger partial charge in [-0.1, -0.05) is 36.4 Å². The first kappa shape index (κ1) is 18.5. The van der Waals surface area contributed by atoms with Gasteiger partial charge in [0.1, 0.15) is 5.75 Å². The van der Waals surface area contributed by atoms with Gasteiger partial charge in [-0.05, 0) is 26.2 Å². The van der Waals surface area contributed by atoms with Crippen LogP contribution in [0, 0.1) is 5.41 Å². The summed E-state index contributed by atoms with van der Waals surface area (Å²) in [7, 11) is 0. The fraction of sp³-hybridized carbons (Fsp3) is 0.421. The molecule has 0 bridgehead atoms. The summed E-state index contributed by atoms with van der Waals surface area (Å²) >= 11 is 0. The number of carbonyl (C=O) groups excluding carboxylic acids is 1. The lowest BCUT2D eigenvalue weighted by molar-refractivity contribution is -0.192. The van der Waals surface area contributed by atoms with Crippen LogP contribution in [0.1, 0.15) is 32.4 Å². The van der Waals surface area contributed by atoms with Crippen molar-refractivity contribution in [2.45, 2.75) is 33.0 Å². The van der Waals surface area contributed by atoms with Crippen LogP contribution in [-0.2, 0) is 4.79 Å². The number of hydrogen-bond donors (Lipinski definition) is 1. The summed E-state index contributed by atoms with van der Waals surface area (Å²) in [6.45, 7) is 5.17. The zero-order chi connectivity index (χ0) is 19.1. The number of benzene rings is 2. The molecule has 2 aromatic carbocycles. The summed E-state index contributed by atoms with van der Waals surface area (Å²) < 4.78 is 47.7. The van der Waals surface area contributed by atoms with Crippen molar-refractivity contribution in [1.29, 1.82) is 0 Å². The number of fused-ring (bicyclic) bond motifs is 1. The number of rotatable bonds is 4. The summed E-state index contributed by atoms with van der Waals surface area (Å²) in [6, 6.07) is 8.24. The van der Waals surface area contributed by atoms with Crippen molar-refractivity contribution in [1.82, 2.24) is 10.4 Å². The Labute approximate surface area is 149 Å². The minimum absolute atomic E-state index is 0.00366. The molecule has 7 heteroatoms. The van der Waals surface area contributed by atoms with Crippen LogP contribution in [0.2, 0.25) is 0 Å². The molecule has 1 amide bonds. The predicted molar refractivity (Wildman–Crippen MR) is 92.5 cm³/mol. The second-order valence-electron chi connectivity index (χ2n) is 7.03. The third kappa shape index (κ3) is 3.23. The number of ether oxygens (including phenoxy) is 1. The maximum atomic E-state index is 14.0. The fourth-order valence-corrected chi connectivity index (χ4v) is 3.28. The van der Waals surface area contributed by atoms with E-state index in [1.807, 2.05) is 12.1 Å². The molecule has 1 N–H and O–H groups in total. The lowest BCUT2D eigenvalue weighted by Crippen LogP contribution is -2.43. The molecular formula is C19H21F3N2O2. The van der Waals surface area contributed by atoms with Crippen LogP contribution in [0.4, 0.5) is 13.2 Å². The van der Waals surface area contributed by atoms with E-state index in [4.69, 9.17) is 4.74 Å². The van der Waals surface area contributed by atoms with Crippen LogP contribution in [0.3, 0.4) is 0 Å². The molecule has 1 aliphatic rings. The van der Waals surface area contributed by atoms with E-state index in [2.05, 4.69) is 5.43 Å². The average Bonchev–Trinajstić information content (AvgIpc) is 2.81. The van der Waals surface area contributed by atoms with Gasteiger partial charge < -0.3 is 4.74 Å². The van der Waals surface area contributed by atoms with Gasteiger partial charge in [0.05, 0.1) is 12.0 Å². The van der Waals surface area contributed by atoms with Gasteiger partial charge in [0.15, 0.2) is 6.04 Å². The number of alkyl halides is 3. The van der Waals surface area contributed by atoms with Crippen LogP contribution in [0.25, 0.3) is 10.8 Å². The highest BCUT2D eigenvalue weighted by Crippen LogP contribution is 2.45. The molecule has 1 fully saturated rings. The van der Waals surface area contributed by atoms with Gasteiger partial charge in [0.25, 0.3) is 0 Å². The Hall–Kier alpha value is -2.28. The minimum atomic E-state index is -4.58. The highest BCUT2D eigenvalue weighted by molar-refractivity contribution is 5.90. The van der Waals surface area contributed by atoms with Crippen LogP contribution in [0.5, 0.6) is 5.75 Å². The molecule has 1 atom stereocenters. The predicted octanol–water partition coefficient (Wildman–Crippen LogP) is 4.21. The van der Waals surface area contributed by atoms with E-state index in [1.165, 1.54) is 6.07 Å². The van der Waals surface area contributed by atoms with Crippen molar-refractivity contribution in [2.24, 2.45) is 5.41 Å². The number of carbonyl (C=O) groups is 1. The molecule has 0 radical (unpaired) electrons. The van der Waals surface area contributed by atoms with Crippen molar-refractivity contribution in [3.8, 4) is 5.75 Å². The number of halogens is 3. The maximum absolute atomic E-state index is 14.0. The fourth-order valence-electron chi connectivity index (χ4n) is 3.28. The minimum Gasteiger partial charge on any atom is -0.493 e. The Morgan fingerprint density at radius 2 is 1.92 bits per heavy atom. The van der Waals surface area contributed by atoms with Crippen molar-refractivity contribution in [3.63, 3.8) is 0 Å². The van der Waals surface area contributed by atoms with Gasteiger partial charge in [-0.25, -0.2) is 5.01 Å². The van der Waals surface area contributed by atoms with Crippen LogP contribution in [-0.4, -0.2) is 30.2 Å². The molecule has 0 aromatic heterocycles. The van der Waals surface area contributed by atoms with E-state index >= 15 is 0 Å². The largest absolute Gasteiger partial charge is 0.493 e. The zero-order valence-electron chi connectivity index (χ0n) is 14.9. The van der Waals surface area contributed by atoms with Crippen molar-refractivity contribution in [3.05, 3.63) is 42.0 Å². The van der Waals surface area contributed by atoms with E-state index in [-0.39, 0.29) is 24.5 Å². The molecule has 0 saturated carbocycles. The summed E-state index contributed by atoms with van der Waals surface area (Å²) in [4.78, 5) is 12.0. The molecule has 1 heterocycles. The summed E-state index contributed by atoms with van der Waals surface area (Å²) in [5.41, 5.74) is 1.49. The second-order valence-corrected chi connectivity index (χ2v) is 7.03. The number of hydrogen-bond acceptors (Lipinski definition) is 3. The Balaban J connectivity index is 2.16. The number of amides is 1. The molecule has 1 saturated heterocycles. The third-order valence-electron chi connectivity index (χ3n) is 4.54. The first-order valence-electron chi connectivity index (χ1n) is 8.44. The van der Waals surface area contributed by atoms with Crippen molar-refractivity contribution >= 4 is 16.7 Å². The van der Waals surface area contributed by atoms with E-state index in [9.17, 15) is 18.0 Å². The monoisotopic (exact) mass is 366 g/mol. The first-order chi connectivity index (χ1) is 12.1. The topological polar surface area (TPSA) is 41.6 Å². The Kier molecular flexibility index (Phi) is 4.60. The smallest absolute Gasteiger partial charge is 0.410 e. The molecular weight excluding hydrogens is 345 g/mol. The number of nitrogens with zero attached hydrogens (tertiary/aromatic N) is 1. The molecule has 4 nitrogen and oxygen atoms in total. The van der Waals surface area contributed by atoms with Crippen molar-refractivity contribution in [2.75, 3.05) is 13.2 Å². The number of hydrazine groups is 1. The van der Waals surface area contributed by atoms with E-state index in [0.717, 1.165) is 10.4 Å². The lowest BCUT2D eigenvalue weighted by atomic mass is 9.93. The van der Waals surface area contributed by atoms with Crippen LogP contribution < -0.4 is 10.2 Å². The van der Waals surface area contributed by atoms with Gasteiger partial charge in [0.2, 0.25) is 5.91 Å². The Morgan fingerprint density at radius 1 is 1.23 bits per heavy atom. The standard InChI is InChI=1S/C19H21F3N2O2/c1-4-26-15-13-8-6-5-7-12(13)9-10-14(15)16(19(20,21)22)24-11-18(2,3)17(25)23-24/h5-10,16H,4,11H2,1-3H3,(H,23,25). The summed E-state index contributed by atoms with van der Waals surface area (Å²) in [6.07, 6.45) is -4.58. The molecule has 0 spiro atoms. The van der Waals surface area contributed by atoms with Crippen LogP contribution in [0.15, 0.2) is 36.4 Å². The van der Waals surface area contributed by atoms with Crippen LogP contribution >= 0.6 is 0 Å². The number of nitrogens with one attached hydrogen (secondary N) is 1. The molecule has 0 aliphatic carbocycles. The van der Waals surface area contributed by atoms with Gasteiger partial charge in [-0.2, -0.15) is 13.2 Å². The van der Waals surface area contributed by atoms with Crippen molar-refractivity contribution < 1.29 is 22.7 Å². The second kappa shape index (κ2) is 6.46. The molecule has 2 aromatic rings. The maximum Gasteiger partial charge on any atom is 0.410 e. The van der Waals surface area contributed by atoms with E-state index in [1.54, 1.807) is 39.0 Å². The molecule has 140 valence electrons. The van der Waals surface area contributed by atoms with Gasteiger partial charge >= 0.3 is 6.18 Å². The Bertz CT molecular complexity index is 833. The lowest BCUT2D eigenvalue weighted by Gasteiger charge is -2.31. The first-order valence-corrected chi connectivity index (χ1v) is 8.44. The van der Waals surface area contributed by atoms with Gasteiger partial charge in [-0.15, -0.1) is 0 Å². The molecule has 3 rings (SSSR count). The normalized spacial score (nSPS) is 18.8. The SMILES string of the molecule is CCOc1c(C(N2CC(C)(C)C(=O)N2)C(F)(F)F)ccc2ccccc12. The third-order valence-corrected chi connectivity index (χ3v) is 4.54. The molecule has 26 heavy (non-hydrogen) atoms. The summed E-state index contributed by atoms with van der Waals surface area (Å²) in [5.74, 6) is -0.225. The zero-order valence-corrected chi connectivity index (χ0v) is 14.9. The van der Waals surface area contributed by atoms with E-state index in [0.29, 0.717) is 5.39 Å². The quantitative estimate of drug-likeness (QED) is 0.881. The van der Waals surface area contributed by atoms with Gasteiger partial charge in [-0.3, -0.25) is 10.2 Å². The van der Waals surface area contributed by atoms with E-state index < -0.39 is 23.5 Å². The average molecular weight is 366 g/mol. The molecule has 1 unspecified atom stereocenters.